The van der Waals surface area contributed by atoms with Gasteiger partial charge in [0.2, 0.25) is 0 Å². The molecule has 0 fully saturated rings. The number of hydrogen-bond donors (Lipinski definition) is 2. The minimum Gasteiger partial charge on any atom is -0.468 e. The van der Waals surface area contributed by atoms with Crippen LogP contribution in [0.1, 0.15) is 20.3 Å². The lowest BCUT2D eigenvalue weighted by Gasteiger charge is -2.24. The van der Waals surface area contributed by atoms with Crippen LogP contribution in [-0.4, -0.2) is 43.8 Å². The number of carbonyl (C=O) groups excluding carboxylic acids is 1. The van der Waals surface area contributed by atoms with Crippen LogP contribution in [0.15, 0.2) is 17.7 Å². The Kier molecular flexibility index (Phi) is 4.24. The average molecular weight is 295 g/mol. The average Bonchev–Trinajstić information content (AvgIpc) is 2.86. The molecule has 7 nitrogen and oxygen atoms in total. The molecule has 8 heteroatoms. The van der Waals surface area contributed by atoms with Crippen LogP contribution in [-0.2, 0) is 9.53 Å². The van der Waals surface area contributed by atoms with Gasteiger partial charge in [0.1, 0.15) is 22.4 Å². The Bertz CT molecular complexity index is 613. The van der Waals surface area contributed by atoms with Crippen molar-refractivity contribution in [3.05, 3.63) is 12.7 Å². The van der Waals surface area contributed by atoms with E-state index in [9.17, 15) is 4.79 Å². The number of hydrogen-bond acceptors (Lipinski definition) is 7. The van der Waals surface area contributed by atoms with Crippen LogP contribution in [0.3, 0.4) is 0 Å². The molecule has 0 aliphatic rings. The van der Waals surface area contributed by atoms with Crippen LogP contribution in [0.25, 0.3) is 11.2 Å². The maximum atomic E-state index is 11.6. The van der Waals surface area contributed by atoms with Gasteiger partial charge < -0.3 is 15.5 Å². The highest BCUT2D eigenvalue weighted by Gasteiger charge is 2.32. The molecule has 0 aliphatic heterocycles. The summed E-state index contributed by atoms with van der Waals surface area (Å²) in [5, 5.41) is 0.881. The molecule has 2 atom stereocenters. The Labute approximate surface area is 120 Å². The molecule has 3 N–H and O–H groups in total. The third kappa shape index (κ3) is 3.07. The number of carbonyl (C=O) groups is 1. The van der Waals surface area contributed by atoms with Crippen molar-refractivity contribution in [2.24, 2.45) is 5.73 Å². The zero-order chi connectivity index (χ0) is 14.8. The van der Waals surface area contributed by atoms with Gasteiger partial charge in [0.15, 0.2) is 5.65 Å². The van der Waals surface area contributed by atoms with E-state index < -0.39 is 11.5 Å². The number of methoxy groups -OCH3 is 1. The molecule has 2 unspecified atom stereocenters. The molecule has 2 aromatic rings. The number of thioether (sulfide) groups is 1. The first kappa shape index (κ1) is 14.7. The van der Waals surface area contributed by atoms with Crippen molar-refractivity contribution in [3.63, 3.8) is 0 Å². The summed E-state index contributed by atoms with van der Waals surface area (Å²) in [4.78, 5) is 27.0. The van der Waals surface area contributed by atoms with E-state index in [1.54, 1.807) is 13.3 Å². The summed E-state index contributed by atoms with van der Waals surface area (Å²) in [6.45, 7) is 3.66. The second-order valence-electron chi connectivity index (χ2n) is 4.82. The fourth-order valence-electron chi connectivity index (χ4n) is 1.98. The van der Waals surface area contributed by atoms with E-state index in [2.05, 4.69) is 19.9 Å². The fraction of sp³-hybridized carbons (Fsp3) is 0.500. The van der Waals surface area contributed by atoms with Gasteiger partial charge in [-0.05, 0) is 13.3 Å². The Balaban J connectivity index is 2.10. The molecule has 20 heavy (non-hydrogen) atoms. The minimum absolute atomic E-state index is 0.0884. The van der Waals surface area contributed by atoms with Gasteiger partial charge in [-0.2, -0.15) is 0 Å². The van der Waals surface area contributed by atoms with Gasteiger partial charge in [-0.3, -0.25) is 4.79 Å². The van der Waals surface area contributed by atoms with Crippen LogP contribution < -0.4 is 5.73 Å². The summed E-state index contributed by atoms with van der Waals surface area (Å²) in [5.74, 6) is -0.417. The Hall–Kier alpha value is -1.67. The number of H-pyrrole nitrogens is 1. The van der Waals surface area contributed by atoms with Crippen molar-refractivity contribution >= 4 is 28.9 Å². The highest BCUT2D eigenvalue weighted by atomic mass is 32.2. The molecule has 0 amide bonds. The molecule has 2 rings (SSSR count). The number of nitrogens with zero attached hydrogens (tertiary/aromatic N) is 3. The zero-order valence-corrected chi connectivity index (χ0v) is 12.4. The first-order valence-electron chi connectivity index (χ1n) is 6.12. The van der Waals surface area contributed by atoms with Crippen molar-refractivity contribution in [2.45, 2.75) is 36.1 Å². The first-order chi connectivity index (χ1) is 9.44. The fourth-order valence-corrected chi connectivity index (χ4v) is 3.16. The number of aromatic amines is 1. The van der Waals surface area contributed by atoms with Gasteiger partial charge in [0.25, 0.3) is 0 Å². The van der Waals surface area contributed by atoms with E-state index in [-0.39, 0.29) is 5.25 Å². The normalized spacial score (nSPS) is 15.8. The maximum absolute atomic E-state index is 11.6. The highest BCUT2D eigenvalue weighted by Crippen LogP contribution is 2.30. The Morgan fingerprint density at radius 2 is 2.30 bits per heavy atom. The van der Waals surface area contributed by atoms with E-state index in [0.29, 0.717) is 12.1 Å². The lowest BCUT2D eigenvalue weighted by atomic mass is 9.98. The topological polar surface area (TPSA) is 107 Å². The van der Waals surface area contributed by atoms with Crippen LogP contribution in [0, 0.1) is 0 Å². The van der Waals surface area contributed by atoms with Crippen LogP contribution in [0.5, 0.6) is 0 Å². The molecule has 2 heterocycles. The summed E-state index contributed by atoms with van der Waals surface area (Å²) in [7, 11) is 1.34. The van der Waals surface area contributed by atoms with Gasteiger partial charge >= 0.3 is 5.97 Å². The maximum Gasteiger partial charge on any atom is 0.325 e. The largest absolute Gasteiger partial charge is 0.468 e. The van der Waals surface area contributed by atoms with E-state index in [1.807, 2.05) is 6.92 Å². The van der Waals surface area contributed by atoms with Gasteiger partial charge in [0.05, 0.1) is 13.4 Å². The molecule has 0 aromatic carbocycles. The second kappa shape index (κ2) is 5.76. The molecule has 0 saturated heterocycles. The van der Waals surface area contributed by atoms with Crippen molar-refractivity contribution in [3.8, 4) is 0 Å². The Morgan fingerprint density at radius 1 is 1.55 bits per heavy atom. The zero-order valence-electron chi connectivity index (χ0n) is 11.6. The van der Waals surface area contributed by atoms with Crippen molar-refractivity contribution in [1.29, 1.82) is 0 Å². The standard InChI is InChI=1S/C12H17N5O2S/c1-7(4-12(2,13)11(18)19-3)20-10-8-9(15-5-14-8)16-6-17-10/h5-7H,4,13H2,1-3H3,(H,14,15,16,17). The molecule has 0 radical (unpaired) electrons. The van der Waals surface area contributed by atoms with E-state index >= 15 is 0 Å². The van der Waals surface area contributed by atoms with Gasteiger partial charge in [0, 0.05) is 5.25 Å². The number of aromatic nitrogens is 4. The molecule has 0 aliphatic carbocycles. The number of nitrogens with one attached hydrogen (secondary N) is 1. The molecule has 0 bridgehead atoms. The predicted octanol–water partition coefficient (Wildman–Crippen LogP) is 1.11. The smallest absolute Gasteiger partial charge is 0.325 e. The van der Waals surface area contributed by atoms with Gasteiger partial charge in [-0.1, -0.05) is 6.92 Å². The van der Waals surface area contributed by atoms with E-state index in [1.165, 1.54) is 25.2 Å². The summed E-state index contributed by atoms with van der Waals surface area (Å²) in [6.07, 6.45) is 3.53. The molecule has 0 saturated carbocycles. The van der Waals surface area contributed by atoms with Crippen LogP contribution in [0.2, 0.25) is 0 Å². The lowest BCUT2D eigenvalue weighted by Crippen LogP contribution is -2.47. The summed E-state index contributed by atoms with van der Waals surface area (Å²) >= 11 is 1.52. The number of rotatable bonds is 5. The first-order valence-corrected chi connectivity index (χ1v) is 7.00. The summed E-state index contributed by atoms with van der Waals surface area (Å²) < 4.78 is 4.71. The Morgan fingerprint density at radius 3 is 3.00 bits per heavy atom. The molecular weight excluding hydrogens is 278 g/mol. The predicted molar refractivity (Wildman–Crippen MR) is 76.2 cm³/mol. The molecular formula is C12H17N5O2S. The summed E-state index contributed by atoms with van der Waals surface area (Å²) in [6, 6.07) is 0. The summed E-state index contributed by atoms with van der Waals surface area (Å²) in [5.41, 5.74) is 6.38. The quantitative estimate of drug-likeness (QED) is 0.483. The monoisotopic (exact) mass is 295 g/mol. The number of esters is 1. The number of imidazole rings is 1. The molecule has 108 valence electrons. The van der Waals surface area contributed by atoms with Crippen LogP contribution >= 0.6 is 11.8 Å². The minimum atomic E-state index is -1.01. The van der Waals surface area contributed by atoms with Crippen molar-refractivity contribution in [2.75, 3.05) is 7.11 Å². The van der Waals surface area contributed by atoms with E-state index in [0.717, 1.165) is 10.5 Å². The van der Waals surface area contributed by atoms with Gasteiger partial charge in [-0.15, -0.1) is 11.8 Å². The lowest BCUT2D eigenvalue weighted by molar-refractivity contribution is -0.146. The third-order valence-corrected chi connectivity index (χ3v) is 3.97. The highest BCUT2D eigenvalue weighted by molar-refractivity contribution is 8.00. The number of nitrogens with two attached hydrogens (primary N) is 1. The van der Waals surface area contributed by atoms with Crippen molar-refractivity contribution < 1.29 is 9.53 Å². The SMILES string of the molecule is COC(=O)C(C)(N)CC(C)Sc1ncnc2nc[nH]c12. The number of fused-ring (bicyclic) bond motifs is 1. The van der Waals surface area contributed by atoms with Gasteiger partial charge in [-0.25, -0.2) is 15.0 Å². The second-order valence-corrected chi connectivity index (χ2v) is 6.25. The van der Waals surface area contributed by atoms with Crippen LogP contribution in [0.4, 0.5) is 0 Å². The number of ether oxygens (including phenoxy) is 1. The molecule has 0 spiro atoms. The third-order valence-electron chi connectivity index (χ3n) is 2.86. The molecule has 2 aromatic heterocycles. The van der Waals surface area contributed by atoms with E-state index in [4.69, 9.17) is 10.5 Å². The van der Waals surface area contributed by atoms with Crippen molar-refractivity contribution in [1.82, 2.24) is 19.9 Å².